The summed E-state index contributed by atoms with van der Waals surface area (Å²) in [7, 11) is -3.54. The number of aromatic nitrogens is 3. The first kappa shape index (κ1) is 24.2. The molecule has 0 spiro atoms. The van der Waals surface area contributed by atoms with Crippen molar-refractivity contribution in [1.82, 2.24) is 24.2 Å². The molecule has 0 aliphatic carbocycles. The highest BCUT2D eigenvalue weighted by Crippen LogP contribution is 2.21. The minimum absolute atomic E-state index is 0.157. The Kier molecular flexibility index (Phi) is 7.47. The third-order valence-electron chi connectivity index (χ3n) is 6.34. The molecular weight excluding hydrogens is 452 g/mol. The maximum Gasteiger partial charge on any atom is 0.243 e. The number of carbonyl (C=O) groups excluding carboxylic acids is 1. The monoisotopic (exact) mass is 484 g/mol. The molecule has 1 aliphatic rings. The van der Waals surface area contributed by atoms with Crippen molar-refractivity contribution in [3.63, 3.8) is 0 Å². The van der Waals surface area contributed by atoms with Gasteiger partial charge in [-0.15, -0.1) is 5.10 Å². The number of hydrogen-bond acceptors (Lipinski definition) is 6. The summed E-state index contributed by atoms with van der Waals surface area (Å²) in [5.74, 6) is 0.157. The highest BCUT2D eigenvalue weighted by atomic mass is 32.2. The third-order valence-corrected chi connectivity index (χ3v) is 8.39. The van der Waals surface area contributed by atoms with Crippen LogP contribution in [0.4, 0.5) is 5.69 Å². The molecule has 34 heavy (non-hydrogen) atoms. The standard InChI is InChI=1S/C24H32N6O3S/c1-3-29(4-2)34(32,33)21-12-13-23-22(19-21)25-26-30(23)14-8-11-24(31)28-17-15-27(16-18-28)20-9-6-5-7-10-20/h5-7,9-10,12-13,19H,3-4,8,11,14-18H2,1-2H3. The Balaban J connectivity index is 1.31. The van der Waals surface area contributed by atoms with Gasteiger partial charge in [0.05, 0.1) is 10.4 Å². The molecule has 3 aromatic rings. The molecule has 9 nitrogen and oxygen atoms in total. The van der Waals surface area contributed by atoms with E-state index in [2.05, 4.69) is 27.3 Å². The highest BCUT2D eigenvalue weighted by molar-refractivity contribution is 7.89. The molecule has 2 heterocycles. The Labute approximate surface area is 201 Å². The van der Waals surface area contributed by atoms with Crippen molar-refractivity contribution < 1.29 is 13.2 Å². The minimum atomic E-state index is -3.54. The molecule has 4 rings (SSSR count). The highest BCUT2D eigenvalue weighted by Gasteiger charge is 2.23. The van der Waals surface area contributed by atoms with E-state index in [-0.39, 0.29) is 10.8 Å². The molecular formula is C24H32N6O3S. The maximum atomic E-state index is 12.8. The van der Waals surface area contributed by atoms with Gasteiger partial charge in [0.15, 0.2) is 0 Å². The second-order valence-electron chi connectivity index (χ2n) is 8.36. The Hall–Kier alpha value is -2.98. The van der Waals surface area contributed by atoms with Gasteiger partial charge in [-0.05, 0) is 36.8 Å². The number of carbonyl (C=O) groups is 1. The summed E-state index contributed by atoms with van der Waals surface area (Å²) >= 11 is 0. The van der Waals surface area contributed by atoms with Gasteiger partial charge in [0, 0.05) is 57.9 Å². The van der Waals surface area contributed by atoms with Crippen LogP contribution in [-0.2, 0) is 21.4 Å². The van der Waals surface area contributed by atoms with Crippen LogP contribution in [0.2, 0.25) is 0 Å². The molecule has 0 radical (unpaired) electrons. The summed E-state index contributed by atoms with van der Waals surface area (Å²) < 4.78 is 28.7. The third kappa shape index (κ3) is 5.07. The first-order chi connectivity index (χ1) is 16.4. The zero-order valence-corrected chi connectivity index (χ0v) is 20.6. The molecule has 10 heteroatoms. The van der Waals surface area contributed by atoms with Gasteiger partial charge in [0.1, 0.15) is 5.52 Å². The van der Waals surface area contributed by atoms with Crippen LogP contribution in [0.25, 0.3) is 11.0 Å². The lowest BCUT2D eigenvalue weighted by atomic mass is 10.2. The average Bonchev–Trinajstić information content (AvgIpc) is 3.27. The fourth-order valence-corrected chi connectivity index (χ4v) is 5.86. The van der Waals surface area contributed by atoms with Gasteiger partial charge in [0.2, 0.25) is 15.9 Å². The molecule has 0 saturated carbocycles. The molecule has 182 valence electrons. The number of aryl methyl sites for hydroxylation is 1. The number of sulfonamides is 1. The van der Waals surface area contributed by atoms with E-state index in [1.165, 1.54) is 9.99 Å². The van der Waals surface area contributed by atoms with Crippen LogP contribution in [0.3, 0.4) is 0 Å². The Morgan fingerprint density at radius 2 is 1.71 bits per heavy atom. The second kappa shape index (κ2) is 10.5. The van der Waals surface area contributed by atoms with E-state index in [9.17, 15) is 13.2 Å². The van der Waals surface area contributed by atoms with E-state index in [0.29, 0.717) is 38.0 Å². The van der Waals surface area contributed by atoms with E-state index in [4.69, 9.17) is 0 Å². The van der Waals surface area contributed by atoms with Crippen molar-refractivity contribution in [2.75, 3.05) is 44.2 Å². The molecule has 2 aromatic carbocycles. The average molecular weight is 485 g/mol. The SMILES string of the molecule is CCN(CC)S(=O)(=O)c1ccc2c(c1)nnn2CCCC(=O)N1CCN(c2ccccc2)CC1. The van der Waals surface area contributed by atoms with Crippen LogP contribution >= 0.6 is 0 Å². The topological polar surface area (TPSA) is 91.6 Å². The summed E-state index contributed by atoms with van der Waals surface area (Å²) in [6.07, 6.45) is 1.09. The summed E-state index contributed by atoms with van der Waals surface area (Å²) in [4.78, 5) is 17.2. The van der Waals surface area contributed by atoms with Crippen LogP contribution in [0, 0.1) is 0 Å². The van der Waals surface area contributed by atoms with Gasteiger partial charge in [-0.1, -0.05) is 37.3 Å². The Morgan fingerprint density at radius 1 is 1.00 bits per heavy atom. The number of amides is 1. The number of nitrogens with zero attached hydrogens (tertiary/aromatic N) is 6. The lowest BCUT2D eigenvalue weighted by molar-refractivity contribution is -0.131. The van der Waals surface area contributed by atoms with E-state index in [1.807, 2.05) is 36.9 Å². The normalized spacial score (nSPS) is 14.8. The molecule has 0 N–H and O–H groups in total. The minimum Gasteiger partial charge on any atom is -0.368 e. The summed E-state index contributed by atoms with van der Waals surface area (Å²) in [6.45, 7) is 8.14. The molecule has 1 aromatic heterocycles. The molecule has 1 saturated heterocycles. The number of piperazine rings is 1. The molecule has 1 aliphatic heterocycles. The van der Waals surface area contributed by atoms with E-state index >= 15 is 0 Å². The number of fused-ring (bicyclic) bond motifs is 1. The van der Waals surface area contributed by atoms with Gasteiger partial charge in [0.25, 0.3) is 0 Å². The van der Waals surface area contributed by atoms with Crippen LogP contribution in [0.5, 0.6) is 0 Å². The van der Waals surface area contributed by atoms with Crippen LogP contribution in [0.1, 0.15) is 26.7 Å². The number of anilines is 1. The van der Waals surface area contributed by atoms with Crippen molar-refractivity contribution in [1.29, 1.82) is 0 Å². The zero-order valence-electron chi connectivity index (χ0n) is 19.8. The van der Waals surface area contributed by atoms with Crippen molar-refractivity contribution >= 4 is 32.7 Å². The largest absolute Gasteiger partial charge is 0.368 e. The quantitative estimate of drug-likeness (QED) is 0.464. The lowest BCUT2D eigenvalue weighted by Crippen LogP contribution is -2.48. The lowest BCUT2D eigenvalue weighted by Gasteiger charge is -2.36. The molecule has 0 unspecified atom stereocenters. The van der Waals surface area contributed by atoms with Crippen LogP contribution < -0.4 is 4.90 Å². The second-order valence-corrected chi connectivity index (χ2v) is 10.3. The number of para-hydroxylation sites is 1. The van der Waals surface area contributed by atoms with Gasteiger partial charge in [-0.2, -0.15) is 4.31 Å². The van der Waals surface area contributed by atoms with E-state index < -0.39 is 10.0 Å². The maximum absolute atomic E-state index is 12.8. The first-order valence-corrected chi connectivity index (χ1v) is 13.3. The van der Waals surface area contributed by atoms with Crippen molar-refractivity contribution in [2.24, 2.45) is 0 Å². The van der Waals surface area contributed by atoms with Gasteiger partial charge in [-0.25, -0.2) is 13.1 Å². The Morgan fingerprint density at radius 3 is 2.38 bits per heavy atom. The molecule has 1 amide bonds. The number of hydrogen-bond donors (Lipinski definition) is 0. The summed E-state index contributed by atoms with van der Waals surface area (Å²) in [6, 6.07) is 15.2. The van der Waals surface area contributed by atoms with Gasteiger partial charge in [-0.3, -0.25) is 4.79 Å². The number of benzene rings is 2. The predicted molar refractivity (Wildman–Crippen MR) is 132 cm³/mol. The van der Waals surface area contributed by atoms with Crippen molar-refractivity contribution in [3.8, 4) is 0 Å². The van der Waals surface area contributed by atoms with Gasteiger partial charge < -0.3 is 9.80 Å². The number of rotatable bonds is 9. The van der Waals surface area contributed by atoms with Crippen LogP contribution in [0.15, 0.2) is 53.4 Å². The fourth-order valence-electron chi connectivity index (χ4n) is 4.38. The predicted octanol–water partition coefficient (Wildman–Crippen LogP) is 2.59. The molecule has 1 fully saturated rings. The van der Waals surface area contributed by atoms with E-state index in [1.54, 1.807) is 22.9 Å². The van der Waals surface area contributed by atoms with E-state index in [0.717, 1.165) is 31.7 Å². The van der Waals surface area contributed by atoms with Crippen molar-refractivity contribution in [3.05, 3.63) is 48.5 Å². The first-order valence-electron chi connectivity index (χ1n) is 11.8. The fraction of sp³-hybridized carbons (Fsp3) is 0.458. The smallest absolute Gasteiger partial charge is 0.243 e. The van der Waals surface area contributed by atoms with Gasteiger partial charge >= 0.3 is 0 Å². The van der Waals surface area contributed by atoms with Crippen molar-refractivity contribution in [2.45, 2.75) is 38.1 Å². The molecule has 0 atom stereocenters. The summed E-state index contributed by atoms with van der Waals surface area (Å²) in [5, 5.41) is 8.34. The Bertz CT molecular complexity index is 1220. The van der Waals surface area contributed by atoms with Crippen LogP contribution in [-0.4, -0.2) is 77.8 Å². The molecule has 0 bridgehead atoms. The summed E-state index contributed by atoms with van der Waals surface area (Å²) in [5.41, 5.74) is 2.50. The zero-order chi connectivity index (χ0) is 24.1.